The van der Waals surface area contributed by atoms with Gasteiger partial charge in [-0.25, -0.2) is 4.98 Å². The molecule has 7 heteroatoms. The van der Waals surface area contributed by atoms with Crippen LogP contribution in [0.25, 0.3) is 11.1 Å². The van der Waals surface area contributed by atoms with Crippen molar-refractivity contribution in [1.29, 1.82) is 0 Å². The molecule has 1 N–H and O–H groups in total. The van der Waals surface area contributed by atoms with Gasteiger partial charge in [0.1, 0.15) is 24.1 Å². The van der Waals surface area contributed by atoms with E-state index in [4.69, 9.17) is 9.63 Å². The fourth-order valence-corrected chi connectivity index (χ4v) is 1.64. The summed E-state index contributed by atoms with van der Waals surface area (Å²) in [5.74, 6) is -0.369. The third-order valence-corrected chi connectivity index (χ3v) is 2.43. The highest BCUT2D eigenvalue weighted by atomic mass is 16.5. The van der Waals surface area contributed by atoms with Crippen molar-refractivity contribution in [3.8, 4) is 0 Å². The number of rotatable bonds is 4. The summed E-state index contributed by atoms with van der Waals surface area (Å²) in [4.78, 5) is 20.5. The number of anilines is 1. The van der Waals surface area contributed by atoms with Crippen LogP contribution in [0.5, 0.6) is 0 Å². The largest absolute Gasteiger partial charge is 0.480 e. The number of aliphatic carboxylic acids is 1. The zero-order valence-corrected chi connectivity index (χ0v) is 9.54. The first-order valence-corrected chi connectivity index (χ1v) is 5.17. The molecule has 2 aromatic heterocycles. The Balaban J connectivity index is 2.52. The molecule has 0 saturated heterocycles. The number of carbonyl (C=O) groups is 1. The second-order valence-corrected chi connectivity index (χ2v) is 3.55. The Morgan fingerprint density at radius 1 is 1.53 bits per heavy atom. The Morgan fingerprint density at radius 2 is 2.29 bits per heavy atom. The minimum absolute atomic E-state index is 0.118. The van der Waals surface area contributed by atoms with Crippen LogP contribution in [0.1, 0.15) is 12.6 Å². The molecule has 0 spiro atoms. The third kappa shape index (κ3) is 2.03. The van der Waals surface area contributed by atoms with Crippen LogP contribution in [0, 0.1) is 6.92 Å². The Labute approximate surface area is 97.1 Å². The van der Waals surface area contributed by atoms with Crippen molar-refractivity contribution in [2.45, 2.75) is 13.8 Å². The van der Waals surface area contributed by atoms with Gasteiger partial charge < -0.3 is 14.5 Å². The summed E-state index contributed by atoms with van der Waals surface area (Å²) in [5, 5.41) is 13.3. The maximum Gasteiger partial charge on any atom is 0.323 e. The van der Waals surface area contributed by atoms with Crippen molar-refractivity contribution < 1.29 is 14.4 Å². The van der Waals surface area contributed by atoms with Gasteiger partial charge in [-0.05, 0) is 13.8 Å². The molecule has 90 valence electrons. The summed E-state index contributed by atoms with van der Waals surface area (Å²) in [5.41, 5.74) is 1.02. The van der Waals surface area contributed by atoms with Crippen LogP contribution in [-0.2, 0) is 4.79 Å². The van der Waals surface area contributed by atoms with Crippen molar-refractivity contribution in [3.63, 3.8) is 0 Å². The number of aromatic nitrogens is 3. The monoisotopic (exact) mass is 236 g/mol. The van der Waals surface area contributed by atoms with Gasteiger partial charge in [-0.2, -0.15) is 4.98 Å². The molecule has 0 saturated carbocycles. The summed E-state index contributed by atoms with van der Waals surface area (Å²) in [6.45, 7) is 4.04. The molecule has 0 aliphatic rings. The number of carboxylic acids is 1. The number of nitrogens with zero attached hydrogens (tertiary/aromatic N) is 4. The molecule has 0 bridgehead atoms. The van der Waals surface area contributed by atoms with Crippen molar-refractivity contribution in [2.75, 3.05) is 18.0 Å². The standard InChI is InChI=1S/C10H12N4O3/c1-3-14(4-7(15)16)9-8-6(2)13-17-10(8)12-5-11-9/h5H,3-4H2,1-2H3,(H,15,16). The summed E-state index contributed by atoms with van der Waals surface area (Å²) in [6.07, 6.45) is 1.34. The van der Waals surface area contributed by atoms with E-state index < -0.39 is 5.97 Å². The van der Waals surface area contributed by atoms with Gasteiger partial charge in [0.05, 0.1) is 5.69 Å². The predicted molar refractivity (Wildman–Crippen MR) is 59.9 cm³/mol. The molecular formula is C10H12N4O3. The quantitative estimate of drug-likeness (QED) is 0.840. The van der Waals surface area contributed by atoms with Crippen LogP contribution in [0.4, 0.5) is 5.82 Å². The van der Waals surface area contributed by atoms with Gasteiger partial charge in [0, 0.05) is 6.54 Å². The summed E-state index contributed by atoms with van der Waals surface area (Å²) >= 11 is 0. The molecular weight excluding hydrogens is 224 g/mol. The van der Waals surface area contributed by atoms with Gasteiger partial charge in [0.2, 0.25) is 0 Å². The van der Waals surface area contributed by atoms with E-state index in [1.165, 1.54) is 6.33 Å². The molecule has 0 aliphatic heterocycles. The Hall–Kier alpha value is -2.18. The van der Waals surface area contributed by atoms with E-state index in [0.717, 1.165) is 0 Å². The molecule has 0 aromatic carbocycles. The molecule has 0 radical (unpaired) electrons. The topological polar surface area (TPSA) is 92.4 Å². The van der Waals surface area contributed by atoms with E-state index in [1.54, 1.807) is 11.8 Å². The van der Waals surface area contributed by atoms with E-state index in [-0.39, 0.29) is 6.54 Å². The third-order valence-electron chi connectivity index (χ3n) is 2.43. The molecule has 7 nitrogen and oxygen atoms in total. The molecule has 0 aliphatic carbocycles. The molecule has 17 heavy (non-hydrogen) atoms. The first-order valence-electron chi connectivity index (χ1n) is 5.17. The summed E-state index contributed by atoms with van der Waals surface area (Å²) in [7, 11) is 0. The number of aryl methyl sites for hydroxylation is 1. The van der Waals surface area contributed by atoms with E-state index in [0.29, 0.717) is 29.2 Å². The van der Waals surface area contributed by atoms with Crippen molar-refractivity contribution in [2.24, 2.45) is 0 Å². The second kappa shape index (κ2) is 4.36. The highest BCUT2D eigenvalue weighted by Crippen LogP contribution is 2.25. The first-order chi connectivity index (χ1) is 8.13. The Kier molecular flexibility index (Phi) is 2.90. The lowest BCUT2D eigenvalue weighted by Crippen LogP contribution is -2.30. The summed E-state index contributed by atoms with van der Waals surface area (Å²) in [6, 6.07) is 0. The van der Waals surface area contributed by atoms with Crippen molar-refractivity contribution in [3.05, 3.63) is 12.0 Å². The van der Waals surface area contributed by atoms with E-state index >= 15 is 0 Å². The van der Waals surface area contributed by atoms with E-state index in [2.05, 4.69) is 15.1 Å². The van der Waals surface area contributed by atoms with Crippen molar-refractivity contribution in [1.82, 2.24) is 15.1 Å². The number of carboxylic acid groups (broad SMARTS) is 1. The van der Waals surface area contributed by atoms with Gasteiger partial charge in [-0.15, -0.1) is 0 Å². The number of hydrogen-bond acceptors (Lipinski definition) is 6. The average Bonchev–Trinajstić information content (AvgIpc) is 2.68. The highest BCUT2D eigenvalue weighted by Gasteiger charge is 2.18. The van der Waals surface area contributed by atoms with Gasteiger partial charge in [0.25, 0.3) is 5.71 Å². The molecule has 0 atom stereocenters. The molecule has 2 heterocycles. The Morgan fingerprint density at radius 3 is 2.94 bits per heavy atom. The van der Waals surface area contributed by atoms with Crippen LogP contribution in [-0.4, -0.2) is 39.3 Å². The van der Waals surface area contributed by atoms with Gasteiger partial charge in [-0.1, -0.05) is 5.16 Å². The van der Waals surface area contributed by atoms with Gasteiger partial charge in [-0.3, -0.25) is 4.79 Å². The van der Waals surface area contributed by atoms with Crippen LogP contribution < -0.4 is 4.90 Å². The fourth-order valence-electron chi connectivity index (χ4n) is 1.64. The zero-order chi connectivity index (χ0) is 12.4. The normalized spacial score (nSPS) is 10.7. The maximum absolute atomic E-state index is 10.8. The number of hydrogen-bond donors (Lipinski definition) is 1. The lowest BCUT2D eigenvalue weighted by molar-refractivity contribution is -0.135. The zero-order valence-electron chi connectivity index (χ0n) is 9.54. The maximum atomic E-state index is 10.8. The van der Waals surface area contributed by atoms with Gasteiger partial charge in [0.15, 0.2) is 0 Å². The first kappa shape index (κ1) is 11.3. The van der Waals surface area contributed by atoms with E-state index in [1.807, 2.05) is 6.92 Å². The van der Waals surface area contributed by atoms with Crippen LogP contribution in [0.3, 0.4) is 0 Å². The number of fused-ring (bicyclic) bond motifs is 1. The molecule has 0 unspecified atom stereocenters. The minimum atomic E-state index is -0.910. The average molecular weight is 236 g/mol. The summed E-state index contributed by atoms with van der Waals surface area (Å²) < 4.78 is 5.01. The lowest BCUT2D eigenvalue weighted by atomic mass is 10.3. The molecule has 0 amide bonds. The second-order valence-electron chi connectivity index (χ2n) is 3.55. The smallest absolute Gasteiger partial charge is 0.323 e. The lowest BCUT2D eigenvalue weighted by Gasteiger charge is -2.19. The van der Waals surface area contributed by atoms with Gasteiger partial charge >= 0.3 is 5.97 Å². The van der Waals surface area contributed by atoms with Crippen LogP contribution in [0.2, 0.25) is 0 Å². The molecule has 2 aromatic rings. The highest BCUT2D eigenvalue weighted by molar-refractivity contribution is 5.89. The van der Waals surface area contributed by atoms with Crippen molar-refractivity contribution >= 4 is 22.9 Å². The van der Waals surface area contributed by atoms with Crippen LogP contribution >= 0.6 is 0 Å². The predicted octanol–water partition coefficient (Wildman–Crippen LogP) is 0.837. The fraction of sp³-hybridized carbons (Fsp3) is 0.400. The Bertz CT molecular complexity index is 551. The van der Waals surface area contributed by atoms with Crippen LogP contribution in [0.15, 0.2) is 10.9 Å². The number of likely N-dealkylation sites (N-methyl/N-ethyl adjacent to an activating group) is 1. The molecule has 2 rings (SSSR count). The minimum Gasteiger partial charge on any atom is -0.480 e. The molecule has 0 fully saturated rings. The van der Waals surface area contributed by atoms with E-state index in [9.17, 15) is 4.79 Å². The SMILES string of the molecule is CCN(CC(=O)O)c1ncnc2onc(C)c12.